The monoisotopic (exact) mass is 390 g/mol. The Labute approximate surface area is 158 Å². The van der Waals surface area contributed by atoms with Crippen LogP contribution in [0.15, 0.2) is 36.4 Å². The van der Waals surface area contributed by atoms with E-state index in [4.69, 9.17) is 14.2 Å². The number of amides is 1. The number of rotatable bonds is 5. The van der Waals surface area contributed by atoms with Gasteiger partial charge < -0.3 is 19.5 Å². The van der Waals surface area contributed by atoms with Crippen molar-refractivity contribution in [3.63, 3.8) is 0 Å². The first-order valence-electron chi connectivity index (χ1n) is 8.20. The largest absolute Gasteiger partial charge is 0.486 e. The normalized spacial score (nSPS) is 13.4. The highest BCUT2D eigenvalue weighted by Gasteiger charge is 2.29. The molecule has 1 amide bonds. The molecule has 0 spiro atoms. The van der Waals surface area contributed by atoms with E-state index in [1.165, 1.54) is 25.1 Å². The first-order valence-corrected chi connectivity index (χ1v) is 8.20. The fourth-order valence-corrected chi connectivity index (χ4v) is 2.48. The molecule has 28 heavy (non-hydrogen) atoms. The molecule has 10 heteroatoms. The Kier molecular flexibility index (Phi) is 5.39. The number of halogens is 1. The third-order valence-electron chi connectivity index (χ3n) is 3.82. The lowest BCUT2D eigenvalue weighted by Crippen LogP contribution is -2.30. The van der Waals surface area contributed by atoms with Gasteiger partial charge in [0.05, 0.1) is 11.0 Å². The van der Waals surface area contributed by atoms with Crippen molar-refractivity contribution < 1.29 is 33.1 Å². The van der Waals surface area contributed by atoms with Crippen LogP contribution >= 0.6 is 0 Å². The zero-order valence-corrected chi connectivity index (χ0v) is 14.6. The van der Waals surface area contributed by atoms with Crippen LogP contribution in [0.5, 0.6) is 11.5 Å². The zero-order chi connectivity index (χ0) is 20.3. The molecule has 1 atom stereocenters. The molecule has 1 aliphatic heterocycles. The van der Waals surface area contributed by atoms with Crippen LogP contribution in [0.3, 0.4) is 0 Å². The van der Waals surface area contributed by atoms with Gasteiger partial charge in [0, 0.05) is 11.8 Å². The zero-order valence-electron chi connectivity index (χ0n) is 14.6. The minimum Gasteiger partial charge on any atom is -0.486 e. The number of fused-ring (bicyclic) bond motifs is 1. The predicted octanol–water partition coefficient (Wildman–Crippen LogP) is 2.69. The van der Waals surface area contributed by atoms with Crippen molar-refractivity contribution in [2.24, 2.45) is 0 Å². The predicted molar refractivity (Wildman–Crippen MR) is 94.0 cm³/mol. The number of nitrogens with zero attached hydrogens (tertiary/aromatic N) is 1. The Morgan fingerprint density at radius 3 is 2.54 bits per heavy atom. The molecule has 0 radical (unpaired) electrons. The molecule has 1 aliphatic rings. The average molecular weight is 390 g/mol. The van der Waals surface area contributed by atoms with Crippen LogP contribution in [0.25, 0.3) is 0 Å². The van der Waals surface area contributed by atoms with Crippen LogP contribution in [-0.4, -0.2) is 36.1 Å². The second-order valence-electron chi connectivity index (χ2n) is 5.82. The van der Waals surface area contributed by atoms with Crippen molar-refractivity contribution in [2.45, 2.75) is 13.0 Å². The van der Waals surface area contributed by atoms with E-state index in [9.17, 15) is 24.1 Å². The Morgan fingerprint density at radius 1 is 1.21 bits per heavy atom. The molecule has 3 rings (SSSR count). The standard InChI is InChI=1S/C18H15FN2O7/c1-10(17(22)20-12-4-2-3-11(19)7-12)28-18(23)13-8-15-16(27-6-5-26-15)9-14(13)21(24)25/h2-4,7-10H,5-6H2,1H3,(H,20,22)/t10-/m0/s1. The minimum absolute atomic E-state index is 0.145. The molecular weight excluding hydrogens is 375 g/mol. The summed E-state index contributed by atoms with van der Waals surface area (Å²) in [6.45, 7) is 1.74. The summed E-state index contributed by atoms with van der Waals surface area (Å²) in [6, 6.07) is 7.38. The summed E-state index contributed by atoms with van der Waals surface area (Å²) in [5, 5.41) is 13.7. The Morgan fingerprint density at radius 2 is 1.89 bits per heavy atom. The van der Waals surface area contributed by atoms with Gasteiger partial charge in [-0.1, -0.05) is 6.07 Å². The summed E-state index contributed by atoms with van der Waals surface area (Å²) in [6.07, 6.45) is -1.29. The lowest BCUT2D eigenvalue weighted by atomic mass is 10.1. The number of hydrogen-bond acceptors (Lipinski definition) is 7. The van der Waals surface area contributed by atoms with Crippen molar-refractivity contribution in [3.05, 3.63) is 57.9 Å². The molecule has 0 fully saturated rings. The lowest BCUT2D eigenvalue weighted by molar-refractivity contribution is -0.385. The molecule has 1 N–H and O–H groups in total. The Balaban J connectivity index is 1.76. The van der Waals surface area contributed by atoms with E-state index in [0.29, 0.717) is 0 Å². The SMILES string of the molecule is C[C@H](OC(=O)c1cc2c(cc1[N+](=O)[O-])OCCO2)C(=O)Nc1cccc(F)c1. The van der Waals surface area contributed by atoms with E-state index in [2.05, 4.69) is 5.32 Å². The second kappa shape index (κ2) is 7.91. The first kappa shape index (κ1) is 19.1. The molecule has 0 saturated carbocycles. The van der Waals surface area contributed by atoms with Gasteiger partial charge in [0.25, 0.3) is 11.6 Å². The summed E-state index contributed by atoms with van der Waals surface area (Å²) in [7, 11) is 0. The van der Waals surface area contributed by atoms with Gasteiger partial charge in [0.15, 0.2) is 17.6 Å². The van der Waals surface area contributed by atoms with Gasteiger partial charge in [0.1, 0.15) is 24.6 Å². The quantitative estimate of drug-likeness (QED) is 0.474. The van der Waals surface area contributed by atoms with Crippen molar-refractivity contribution in [1.82, 2.24) is 0 Å². The van der Waals surface area contributed by atoms with Crippen molar-refractivity contribution in [3.8, 4) is 11.5 Å². The first-order chi connectivity index (χ1) is 13.3. The minimum atomic E-state index is -1.29. The number of nitro benzene ring substituents is 1. The fraction of sp³-hybridized carbons (Fsp3) is 0.222. The molecule has 9 nitrogen and oxygen atoms in total. The number of carbonyl (C=O) groups excluding carboxylic acids is 2. The molecular formula is C18H15FN2O7. The van der Waals surface area contributed by atoms with Crippen molar-refractivity contribution in [2.75, 3.05) is 18.5 Å². The maximum atomic E-state index is 13.2. The molecule has 2 aromatic carbocycles. The molecule has 2 aromatic rings. The van der Waals surface area contributed by atoms with Crippen LogP contribution < -0.4 is 14.8 Å². The molecule has 0 unspecified atom stereocenters. The van der Waals surface area contributed by atoms with Crippen LogP contribution in [0, 0.1) is 15.9 Å². The Hall–Kier alpha value is -3.69. The number of anilines is 1. The maximum Gasteiger partial charge on any atom is 0.346 e. The van der Waals surface area contributed by atoms with Gasteiger partial charge in [-0.3, -0.25) is 14.9 Å². The van der Waals surface area contributed by atoms with E-state index in [1.807, 2.05) is 0 Å². The molecule has 0 aromatic heterocycles. The highest BCUT2D eigenvalue weighted by Crippen LogP contribution is 2.37. The lowest BCUT2D eigenvalue weighted by Gasteiger charge is -2.19. The number of nitrogens with one attached hydrogen (secondary N) is 1. The van der Waals surface area contributed by atoms with E-state index >= 15 is 0 Å². The van der Waals surface area contributed by atoms with Crippen LogP contribution in [0.2, 0.25) is 0 Å². The van der Waals surface area contributed by atoms with E-state index in [-0.39, 0.29) is 36.0 Å². The Bertz CT molecular complexity index is 948. The van der Waals surface area contributed by atoms with Crippen LogP contribution in [-0.2, 0) is 9.53 Å². The number of nitro groups is 1. The number of hydrogen-bond donors (Lipinski definition) is 1. The second-order valence-corrected chi connectivity index (χ2v) is 5.82. The van der Waals surface area contributed by atoms with Crippen molar-refractivity contribution in [1.29, 1.82) is 0 Å². The van der Waals surface area contributed by atoms with Gasteiger partial charge >= 0.3 is 5.97 Å². The fourth-order valence-electron chi connectivity index (χ4n) is 2.48. The average Bonchev–Trinajstić information content (AvgIpc) is 2.66. The third-order valence-corrected chi connectivity index (χ3v) is 3.82. The summed E-state index contributed by atoms with van der Waals surface area (Å²) in [5.41, 5.74) is -0.732. The van der Waals surface area contributed by atoms with E-state index < -0.39 is 34.4 Å². The van der Waals surface area contributed by atoms with Gasteiger partial charge in [-0.15, -0.1) is 0 Å². The van der Waals surface area contributed by atoms with Gasteiger partial charge in [-0.25, -0.2) is 9.18 Å². The molecule has 0 saturated heterocycles. The highest BCUT2D eigenvalue weighted by atomic mass is 19.1. The summed E-state index contributed by atoms with van der Waals surface area (Å²) < 4.78 is 28.8. The molecule has 146 valence electrons. The third kappa shape index (κ3) is 4.17. The van der Waals surface area contributed by atoms with E-state index in [0.717, 1.165) is 18.2 Å². The van der Waals surface area contributed by atoms with Gasteiger partial charge in [-0.2, -0.15) is 0 Å². The number of benzene rings is 2. The van der Waals surface area contributed by atoms with Crippen LogP contribution in [0.1, 0.15) is 17.3 Å². The van der Waals surface area contributed by atoms with Gasteiger partial charge in [-0.05, 0) is 25.1 Å². The summed E-state index contributed by atoms with van der Waals surface area (Å²) in [5.74, 6) is -2.04. The maximum absolute atomic E-state index is 13.2. The summed E-state index contributed by atoms with van der Waals surface area (Å²) >= 11 is 0. The summed E-state index contributed by atoms with van der Waals surface area (Å²) in [4.78, 5) is 35.1. The number of esters is 1. The van der Waals surface area contributed by atoms with Crippen LogP contribution in [0.4, 0.5) is 15.8 Å². The van der Waals surface area contributed by atoms with E-state index in [1.54, 1.807) is 0 Å². The number of carbonyl (C=O) groups is 2. The van der Waals surface area contributed by atoms with Gasteiger partial charge in [0.2, 0.25) is 0 Å². The van der Waals surface area contributed by atoms with Crippen molar-refractivity contribution >= 4 is 23.3 Å². The topological polar surface area (TPSA) is 117 Å². The number of ether oxygens (including phenoxy) is 3. The smallest absolute Gasteiger partial charge is 0.346 e. The molecule has 1 heterocycles. The highest BCUT2D eigenvalue weighted by molar-refractivity contribution is 5.99. The molecule has 0 aliphatic carbocycles. The molecule has 0 bridgehead atoms.